The van der Waals surface area contributed by atoms with Gasteiger partial charge in [-0.3, -0.25) is 4.79 Å². The van der Waals surface area contributed by atoms with Gasteiger partial charge in [-0.2, -0.15) is 5.26 Å². The van der Waals surface area contributed by atoms with Crippen LogP contribution in [-0.2, 0) is 16.1 Å². The second-order valence-electron chi connectivity index (χ2n) is 7.48. The van der Waals surface area contributed by atoms with Crippen molar-refractivity contribution in [1.82, 2.24) is 0 Å². The number of benzene rings is 3. The molecule has 36 heavy (non-hydrogen) atoms. The number of nitrogens with one attached hydrogen (secondary N) is 1. The topological polar surface area (TPSA) is 97.7 Å². The Morgan fingerprint density at radius 1 is 0.972 bits per heavy atom. The van der Waals surface area contributed by atoms with E-state index >= 15 is 0 Å². The number of hydrogen-bond acceptors (Lipinski definition) is 6. The Hall–Kier alpha value is -4.28. The zero-order valence-corrected chi connectivity index (χ0v) is 20.7. The zero-order valence-electron chi connectivity index (χ0n) is 19.9. The average molecular weight is 505 g/mol. The molecule has 0 aliphatic rings. The van der Waals surface area contributed by atoms with Gasteiger partial charge in [-0.15, -0.1) is 0 Å². The van der Waals surface area contributed by atoms with E-state index in [1.165, 1.54) is 6.08 Å². The van der Waals surface area contributed by atoms with Crippen LogP contribution >= 0.6 is 11.6 Å². The van der Waals surface area contributed by atoms with Crippen molar-refractivity contribution in [3.63, 3.8) is 0 Å². The summed E-state index contributed by atoms with van der Waals surface area (Å²) in [7, 11) is 0. The van der Waals surface area contributed by atoms with Crippen LogP contribution in [0.4, 0.5) is 5.69 Å². The summed E-state index contributed by atoms with van der Waals surface area (Å²) >= 11 is 6.03. The molecular formula is C28H25ClN2O5. The maximum Gasteiger partial charge on any atom is 0.338 e. The fraction of sp³-hybridized carbons (Fsp3) is 0.179. The summed E-state index contributed by atoms with van der Waals surface area (Å²) in [5.41, 5.74) is 2.21. The molecule has 8 heteroatoms. The molecule has 0 spiro atoms. The summed E-state index contributed by atoms with van der Waals surface area (Å²) in [6.45, 7) is 4.56. The van der Waals surface area contributed by atoms with Crippen LogP contribution in [0.1, 0.15) is 35.3 Å². The molecule has 0 fully saturated rings. The van der Waals surface area contributed by atoms with Gasteiger partial charge in [0.05, 0.1) is 18.8 Å². The number of hydrogen-bond donors (Lipinski definition) is 1. The highest BCUT2D eigenvalue weighted by atomic mass is 35.5. The van der Waals surface area contributed by atoms with Crippen molar-refractivity contribution in [2.24, 2.45) is 0 Å². The molecule has 0 saturated carbocycles. The number of rotatable bonds is 10. The lowest BCUT2D eigenvalue weighted by Gasteiger charge is -2.13. The molecular weight excluding hydrogens is 480 g/mol. The van der Waals surface area contributed by atoms with Crippen molar-refractivity contribution < 1.29 is 23.8 Å². The van der Waals surface area contributed by atoms with Gasteiger partial charge in [0, 0.05) is 10.7 Å². The van der Waals surface area contributed by atoms with Crippen LogP contribution in [-0.4, -0.2) is 25.1 Å². The van der Waals surface area contributed by atoms with Crippen LogP contribution in [0.5, 0.6) is 11.5 Å². The quantitative estimate of drug-likeness (QED) is 0.205. The van der Waals surface area contributed by atoms with E-state index in [0.717, 1.165) is 5.56 Å². The maximum atomic E-state index is 12.7. The van der Waals surface area contributed by atoms with Gasteiger partial charge in [0.2, 0.25) is 0 Å². The molecule has 1 amide bonds. The third kappa shape index (κ3) is 7.36. The van der Waals surface area contributed by atoms with Gasteiger partial charge < -0.3 is 19.5 Å². The molecule has 0 aliphatic heterocycles. The number of anilines is 1. The lowest BCUT2D eigenvalue weighted by molar-refractivity contribution is -0.112. The second-order valence-corrected chi connectivity index (χ2v) is 7.92. The number of esters is 1. The molecule has 3 rings (SSSR count). The van der Waals surface area contributed by atoms with Crippen LogP contribution in [0, 0.1) is 11.3 Å². The van der Waals surface area contributed by atoms with E-state index in [4.69, 9.17) is 25.8 Å². The number of nitrogens with zero attached hydrogens (tertiary/aromatic N) is 1. The lowest BCUT2D eigenvalue weighted by Crippen LogP contribution is -2.13. The molecule has 1 N–H and O–H groups in total. The number of halogens is 1. The number of carbonyl (C=O) groups excluding carboxylic acids is 2. The van der Waals surface area contributed by atoms with E-state index in [1.807, 2.05) is 31.2 Å². The summed E-state index contributed by atoms with van der Waals surface area (Å²) in [5.74, 6) is -0.0159. The van der Waals surface area contributed by atoms with Gasteiger partial charge in [-0.25, -0.2) is 4.79 Å². The first-order valence-corrected chi connectivity index (χ1v) is 11.7. The molecule has 0 aromatic heterocycles. The van der Waals surface area contributed by atoms with Crippen LogP contribution in [0.15, 0.2) is 72.3 Å². The van der Waals surface area contributed by atoms with Crippen LogP contribution in [0.3, 0.4) is 0 Å². The van der Waals surface area contributed by atoms with Crippen molar-refractivity contribution in [2.75, 3.05) is 18.5 Å². The third-order valence-corrected chi connectivity index (χ3v) is 5.12. The minimum absolute atomic E-state index is 0.0977. The van der Waals surface area contributed by atoms with E-state index in [2.05, 4.69) is 5.32 Å². The van der Waals surface area contributed by atoms with E-state index in [0.29, 0.717) is 46.5 Å². The second kappa shape index (κ2) is 13.0. The fourth-order valence-electron chi connectivity index (χ4n) is 3.21. The number of carbonyl (C=O) groups is 2. The van der Waals surface area contributed by atoms with E-state index < -0.39 is 11.9 Å². The minimum atomic E-state index is -0.583. The largest absolute Gasteiger partial charge is 0.490 e. The zero-order chi connectivity index (χ0) is 25.9. The SMILES string of the molecule is CCOC(=O)c1ccc(NC(=O)/C(C#N)=C/c2ccc(OCc3cccc(Cl)c3)c(OCC)c2)cc1. The molecule has 184 valence electrons. The Balaban J connectivity index is 1.73. The Kier molecular flexibility index (Phi) is 9.49. The molecule has 7 nitrogen and oxygen atoms in total. The highest BCUT2D eigenvalue weighted by molar-refractivity contribution is 6.30. The summed E-state index contributed by atoms with van der Waals surface area (Å²) < 4.78 is 16.6. The van der Waals surface area contributed by atoms with E-state index in [9.17, 15) is 14.9 Å². The summed E-state index contributed by atoms with van der Waals surface area (Å²) in [5, 5.41) is 12.8. The highest BCUT2D eigenvalue weighted by Crippen LogP contribution is 2.30. The van der Waals surface area contributed by atoms with Gasteiger partial charge in [-0.1, -0.05) is 29.8 Å². The first-order valence-electron chi connectivity index (χ1n) is 11.3. The molecule has 0 unspecified atom stereocenters. The smallest absolute Gasteiger partial charge is 0.338 e. The minimum Gasteiger partial charge on any atom is -0.490 e. The van der Waals surface area contributed by atoms with Crippen molar-refractivity contribution in [2.45, 2.75) is 20.5 Å². The van der Waals surface area contributed by atoms with Crippen molar-refractivity contribution in [3.05, 3.63) is 94.0 Å². The monoisotopic (exact) mass is 504 g/mol. The normalized spacial score (nSPS) is 10.8. The summed E-state index contributed by atoms with van der Waals surface area (Å²) in [6, 6.07) is 20.7. The van der Waals surface area contributed by atoms with Crippen LogP contribution < -0.4 is 14.8 Å². The molecule has 0 radical (unpaired) electrons. The number of ether oxygens (including phenoxy) is 3. The Bertz CT molecular complexity index is 1300. The average Bonchev–Trinajstić information content (AvgIpc) is 2.87. The molecule has 0 aliphatic carbocycles. The Morgan fingerprint density at radius 2 is 1.75 bits per heavy atom. The lowest BCUT2D eigenvalue weighted by atomic mass is 10.1. The Labute approximate surface area is 214 Å². The van der Waals surface area contributed by atoms with Crippen molar-refractivity contribution in [3.8, 4) is 17.6 Å². The van der Waals surface area contributed by atoms with Gasteiger partial charge in [0.15, 0.2) is 11.5 Å². The van der Waals surface area contributed by atoms with Gasteiger partial charge in [-0.05, 0) is 79.6 Å². The van der Waals surface area contributed by atoms with Crippen molar-refractivity contribution >= 4 is 35.2 Å². The van der Waals surface area contributed by atoms with Crippen LogP contribution in [0.2, 0.25) is 5.02 Å². The molecule has 3 aromatic rings. The first kappa shape index (κ1) is 26.3. The predicted octanol–water partition coefficient (Wildman–Crippen LogP) is 6.04. The highest BCUT2D eigenvalue weighted by Gasteiger charge is 2.13. The maximum absolute atomic E-state index is 12.7. The van der Waals surface area contributed by atoms with Crippen molar-refractivity contribution in [1.29, 1.82) is 5.26 Å². The Morgan fingerprint density at radius 3 is 2.42 bits per heavy atom. The first-order chi connectivity index (χ1) is 17.4. The molecule has 3 aromatic carbocycles. The van der Waals surface area contributed by atoms with Gasteiger partial charge in [0.1, 0.15) is 18.2 Å². The van der Waals surface area contributed by atoms with Crippen LogP contribution in [0.25, 0.3) is 6.08 Å². The van der Waals surface area contributed by atoms with Gasteiger partial charge in [0.25, 0.3) is 5.91 Å². The predicted molar refractivity (Wildman–Crippen MR) is 138 cm³/mol. The fourth-order valence-corrected chi connectivity index (χ4v) is 3.42. The molecule has 0 saturated heterocycles. The molecule has 0 atom stereocenters. The summed E-state index contributed by atoms with van der Waals surface area (Å²) in [6.07, 6.45) is 1.46. The molecule has 0 heterocycles. The third-order valence-electron chi connectivity index (χ3n) is 4.88. The standard InChI is InChI=1S/C28H25ClN2O5/c1-3-34-26-16-19(8-13-25(26)36-18-20-6-5-7-23(29)15-20)14-22(17-30)27(32)31-24-11-9-21(10-12-24)28(33)35-4-2/h5-16H,3-4,18H2,1-2H3,(H,31,32)/b22-14+. The number of nitriles is 1. The van der Waals surface area contributed by atoms with E-state index in [1.54, 1.807) is 55.5 Å². The summed E-state index contributed by atoms with van der Waals surface area (Å²) in [4.78, 5) is 24.4. The van der Waals surface area contributed by atoms with E-state index in [-0.39, 0.29) is 12.2 Å². The molecule has 0 bridgehead atoms. The number of amides is 1. The van der Waals surface area contributed by atoms with Gasteiger partial charge >= 0.3 is 5.97 Å².